The van der Waals surface area contributed by atoms with E-state index in [0.29, 0.717) is 6.04 Å². The van der Waals surface area contributed by atoms with E-state index in [9.17, 15) is 0 Å². The molecule has 2 nitrogen and oxygen atoms in total. The van der Waals surface area contributed by atoms with Gasteiger partial charge in [0.2, 0.25) is 0 Å². The van der Waals surface area contributed by atoms with Crippen LogP contribution >= 0.6 is 11.8 Å². The van der Waals surface area contributed by atoms with Crippen molar-refractivity contribution in [3.8, 4) is 0 Å². The molecule has 0 spiro atoms. The van der Waals surface area contributed by atoms with Gasteiger partial charge in [-0.3, -0.25) is 0 Å². The van der Waals surface area contributed by atoms with Crippen molar-refractivity contribution in [1.29, 1.82) is 0 Å². The number of rotatable bonds is 5. The van der Waals surface area contributed by atoms with E-state index in [1.807, 2.05) is 36.0 Å². The minimum atomic E-state index is 0.479. The number of nitrogen functional groups attached to an aromatic ring is 1. The highest BCUT2D eigenvalue weighted by Crippen LogP contribution is 2.18. The fourth-order valence-corrected chi connectivity index (χ4v) is 1.85. The Bertz CT molecular complexity index is 276. The molecule has 1 aromatic rings. The Labute approximate surface area is 90.3 Å². The van der Waals surface area contributed by atoms with Gasteiger partial charge in [-0.1, -0.05) is 12.1 Å². The molecule has 3 heteroatoms. The number of hydrogen-bond donors (Lipinski definition) is 2. The van der Waals surface area contributed by atoms with Crippen molar-refractivity contribution in [2.45, 2.75) is 19.4 Å². The number of nitrogens with two attached hydrogens (primary N) is 1. The van der Waals surface area contributed by atoms with E-state index in [0.717, 1.165) is 17.8 Å². The van der Waals surface area contributed by atoms with E-state index in [-0.39, 0.29) is 0 Å². The van der Waals surface area contributed by atoms with E-state index in [1.165, 1.54) is 5.75 Å². The minimum Gasteiger partial charge on any atom is -0.397 e. The van der Waals surface area contributed by atoms with Crippen molar-refractivity contribution in [3.63, 3.8) is 0 Å². The smallest absolute Gasteiger partial charge is 0.0575 e. The summed E-state index contributed by atoms with van der Waals surface area (Å²) in [5, 5.41) is 3.41. The van der Waals surface area contributed by atoms with Gasteiger partial charge in [-0.25, -0.2) is 0 Å². The van der Waals surface area contributed by atoms with Gasteiger partial charge in [-0.05, 0) is 37.5 Å². The summed E-state index contributed by atoms with van der Waals surface area (Å²) in [5.41, 5.74) is 7.70. The first-order valence-electron chi connectivity index (χ1n) is 4.84. The van der Waals surface area contributed by atoms with Gasteiger partial charge in [-0.15, -0.1) is 0 Å². The molecule has 1 rings (SSSR count). The maximum absolute atomic E-state index is 5.83. The first-order valence-corrected chi connectivity index (χ1v) is 6.23. The third kappa shape index (κ3) is 3.50. The normalized spacial score (nSPS) is 12.4. The molecule has 1 unspecified atom stereocenters. The molecule has 14 heavy (non-hydrogen) atoms. The molecule has 1 aromatic carbocycles. The summed E-state index contributed by atoms with van der Waals surface area (Å²) >= 11 is 1.87. The molecule has 0 aliphatic carbocycles. The van der Waals surface area contributed by atoms with Crippen LogP contribution < -0.4 is 11.1 Å². The zero-order valence-electron chi connectivity index (χ0n) is 8.79. The zero-order chi connectivity index (χ0) is 10.4. The van der Waals surface area contributed by atoms with Gasteiger partial charge >= 0.3 is 0 Å². The van der Waals surface area contributed by atoms with Gasteiger partial charge in [0.1, 0.15) is 0 Å². The number of hydrogen-bond acceptors (Lipinski definition) is 3. The maximum atomic E-state index is 5.83. The average molecular weight is 210 g/mol. The SMILES string of the molecule is CSCCC(C)Nc1ccccc1N. The summed E-state index contributed by atoms with van der Waals surface area (Å²) in [4.78, 5) is 0. The number of para-hydroxylation sites is 2. The Morgan fingerprint density at radius 1 is 1.43 bits per heavy atom. The molecule has 0 bridgehead atoms. The van der Waals surface area contributed by atoms with Gasteiger partial charge in [0.05, 0.1) is 11.4 Å². The molecule has 0 saturated carbocycles. The second-order valence-electron chi connectivity index (χ2n) is 3.41. The fourth-order valence-electron chi connectivity index (χ4n) is 1.26. The monoisotopic (exact) mass is 210 g/mol. The number of benzene rings is 1. The summed E-state index contributed by atoms with van der Waals surface area (Å²) in [7, 11) is 0. The van der Waals surface area contributed by atoms with Gasteiger partial charge in [0, 0.05) is 6.04 Å². The maximum Gasteiger partial charge on any atom is 0.0575 e. The van der Waals surface area contributed by atoms with E-state index in [1.54, 1.807) is 0 Å². The Balaban J connectivity index is 2.47. The van der Waals surface area contributed by atoms with E-state index >= 15 is 0 Å². The topological polar surface area (TPSA) is 38.0 Å². The predicted molar refractivity (Wildman–Crippen MR) is 66.9 cm³/mol. The van der Waals surface area contributed by atoms with Crippen LogP contribution in [0.3, 0.4) is 0 Å². The van der Waals surface area contributed by atoms with Crippen molar-refractivity contribution in [3.05, 3.63) is 24.3 Å². The second kappa shape index (κ2) is 5.81. The van der Waals surface area contributed by atoms with Crippen molar-refractivity contribution in [2.75, 3.05) is 23.1 Å². The summed E-state index contributed by atoms with van der Waals surface area (Å²) in [5.74, 6) is 1.18. The molecule has 0 aromatic heterocycles. The molecule has 3 N–H and O–H groups in total. The molecule has 78 valence electrons. The number of thioether (sulfide) groups is 1. The second-order valence-corrected chi connectivity index (χ2v) is 4.40. The van der Waals surface area contributed by atoms with Crippen molar-refractivity contribution in [1.82, 2.24) is 0 Å². The summed E-state index contributed by atoms with van der Waals surface area (Å²) in [6.07, 6.45) is 3.29. The molecule has 0 heterocycles. The fraction of sp³-hybridized carbons (Fsp3) is 0.455. The van der Waals surface area contributed by atoms with Crippen LogP contribution in [0.5, 0.6) is 0 Å². The third-order valence-electron chi connectivity index (χ3n) is 2.12. The lowest BCUT2D eigenvalue weighted by Gasteiger charge is -2.15. The predicted octanol–water partition coefficient (Wildman–Crippen LogP) is 2.82. The van der Waals surface area contributed by atoms with Crippen LogP contribution in [-0.4, -0.2) is 18.1 Å². The summed E-state index contributed by atoms with van der Waals surface area (Å²) < 4.78 is 0. The molecule has 0 saturated heterocycles. The molecule has 1 atom stereocenters. The van der Waals surface area contributed by atoms with Crippen molar-refractivity contribution < 1.29 is 0 Å². The Kier molecular flexibility index (Phi) is 4.66. The minimum absolute atomic E-state index is 0.479. The first-order chi connectivity index (χ1) is 6.74. The van der Waals surface area contributed by atoms with Crippen LogP contribution in [-0.2, 0) is 0 Å². The molecule has 0 fully saturated rings. The Hall–Kier alpha value is -0.830. The summed E-state index contributed by atoms with van der Waals surface area (Å²) in [6, 6.07) is 8.37. The lowest BCUT2D eigenvalue weighted by atomic mass is 10.2. The third-order valence-corrected chi connectivity index (χ3v) is 2.76. The largest absolute Gasteiger partial charge is 0.397 e. The Morgan fingerprint density at radius 3 is 2.79 bits per heavy atom. The molecule has 0 aliphatic heterocycles. The molecule has 0 amide bonds. The quantitative estimate of drug-likeness (QED) is 0.734. The summed E-state index contributed by atoms with van der Waals surface area (Å²) in [6.45, 7) is 2.18. The average Bonchev–Trinajstić information content (AvgIpc) is 2.18. The van der Waals surface area contributed by atoms with Crippen LogP contribution in [0.2, 0.25) is 0 Å². The highest BCUT2D eigenvalue weighted by molar-refractivity contribution is 7.98. The van der Waals surface area contributed by atoms with Crippen molar-refractivity contribution >= 4 is 23.1 Å². The lowest BCUT2D eigenvalue weighted by molar-refractivity contribution is 0.772. The molecule has 0 radical (unpaired) electrons. The highest BCUT2D eigenvalue weighted by atomic mass is 32.2. The zero-order valence-corrected chi connectivity index (χ0v) is 9.60. The number of anilines is 2. The van der Waals surface area contributed by atoms with E-state index in [4.69, 9.17) is 5.73 Å². The van der Waals surface area contributed by atoms with Crippen LogP contribution in [0.1, 0.15) is 13.3 Å². The van der Waals surface area contributed by atoms with Gasteiger partial charge in [0.15, 0.2) is 0 Å². The molecular weight excluding hydrogens is 192 g/mol. The van der Waals surface area contributed by atoms with Crippen molar-refractivity contribution in [2.24, 2.45) is 0 Å². The number of nitrogens with one attached hydrogen (secondary N) is 1. The van der Waals surface area contributed by atoms with Crippen LogP contribution in [0.25, 0.3) is 0 Å². The van der Waals surface area contributed by atoms with Crippen LogP contribution in [0.15, 0.2) is 24.3 Å². The first kappa shape index (κ1) is 11.2. The van der Waals surface area contributed by atoms with E-state index in [2.05, 4.69) is 18.5 Å². The van der Waals surface area contributed by atoms with Gasteiger partial charge in [-0.2, -0.15) is 11.8 Å². The van der Waals surface area contributed by atoms with Gasteiger partial charge < -0.3 is 11.1 Å². The van der Waals surface area contributed by atoms with Crippen LogP contribution in [0, 0.1) is 0 Å². The highest BCUT2D eigenvalue weighted by Gasteiger charge is 2.02. The Morgan fingerprint density at radius 2 is 2.14 bits per heavy atom. The molecule has 0 aliphatic rings. The lowest BCUT2D eigenvalue weighted by Crippen LogP contribution is -2.16. The van der Waals surface area contributed by atoms with Crippen LogP contribution in [0.4, 0.5) is 11.4 Å². The van der Waals surface area contributed by atoms with E-state index < -0.39 is 0 Å². The molecular formula is C11H18N2S. The standard InChI is InChI=1S/C11H18N2S/c1-9(7-8-14-2)13-11-6-4-3-5-10(11)12/h3-6,9,13H,7-8,12H2,1-2H3. The van der Waals surface area contributed by atoms with Gasteiger partial charge in [0.25, 0.3) is 0 Å².